The average Bonchev–Trinajstić information content (AvgIpc) is 2.39. The largest absolute Gasteiger partial charge is 0.493 e. The van der Waals surface area contributed by atoms with Crippen molar-refractivity contribution in [3.05, 3.63) is 23.8 Å². The summed E-state index contributed by atoms with van der Waals surface area (Å²) in [5.41, 5.74) is 0.648. The molecule has 1 aliphatic heterocycles. The average molecular weight is 249 g/mol. The first-order valence-electron chi connectivity index (χ1n) is 6.27. The SMILES string of the molecule is COc1ccc(C(C)=O)cc1OC1CCCNC1. The fourth-order valence-electron chi connectivity index (χ4n) is 2.09. The van der Waals surface area contributed by atoms with Crippen LogP contribution in [0.4, 0.5) is 0 Å². The van der Waals surface area contributed by atoms with E-state index < -0.39 is 0 Å². The summed E-state index contributed by atoms with van der Waals surface area (Å²) in [6, 6.07) is 5.30. The molecular formula is C14H19NO3. The van der Waals surface area contributed by atoms with Crippen LogP contribution < -0.4 is 14.8 Å². The molecule has 1 aromatic rings. The second kappa shape index (κ2) is 5.87. The Balaban J connectivity index is 2.17. The predicted molar refractivity (Wildman–Crippen MR) is 69.5 cm³/mol. The molecule has 4 nitrogen and oxygen atoms in total. The molecule has 1 fully saturated rings. The van der Waals surface area contributed by atoms with E-state index >= 15 is 0 Å². The molecule has 0 saturated carbocycles. The second-order valence-corrected chi connectivity index (χ2v) is 4.51. The van der Waals surface area contributed by atoms with Crippen molar-refractivity contribution in [3.63, 3.8) is 0 Å². The van der Waals surface area contributed by atoms with Crippen LogP contribution in [-0.4, -0.2) is 32.1 Å². The van der Waals surface area contributed by atoms with Crippen LogP contribution in [0, 0.1) is 0 Å². The highest BCUT2D eigenvalue weighted by Gasteiger charge is 2.17. The molecule has 1 heterocycles. The summed E-state index contributed by atoms with van der Waals surface area (Å²) >= 11 is 0. The van der Waals surface area contributed by atoms with Gasteiger partial charge < -0.3 is 14.8 Å². The molecule has 18 heavy (non-hydrogen) atoms. The number of carbonyl (C=O) groups excluding carboxylic acids is 1. The Labute approximate surface area is 107 Å². The van der Waals surface area contributed by atoms with Crippen LogP contribution >= 0.6 is 0 Å². The van der Waals surface area contributed by atoms with E-state index in [-0.39, 0.29) is 11.9 Å². The fraction of sp³-hybridized carbons (Fsp3) is 0.500. The van der Waals surface area contributed by atoms with Crippen LogP contribution in [0.15, 0.2) is 18.2 Å². The van der Waals surface area contributed by atoms with Crippen molar-refractivity contribution in [2.45, 2.75) is 25.9 Å². The Bertz CT molecular complexity index is 425. The van der Waals surface area contributed by atoms with E-state index in [4.69, 9.17) is 9.47 Å². The molecule has 4 heteroatoms. The van der Waals surface area contributed by atoms with Crippen LogP contribution in [0.3, 0.4) is 0 Å². The maximum Gasteiger partial charge on any atom is 0.162 e. The van der Waals surface area contributed by atoms with Gasteiger partial charge >= 0.3 is 0 Å². The zero-order valence-electron chi connectivity index (χ0n) is 10.9. The van der Waals surface area contributed by atoms with Gasteiger partial charge in [0.15, 0.2) is 17.3 Å². The van der Waals surface area contributed by atoms with Crippen LogP contribution in [-0.2, 0) is 0 Å². The Kier molecular flexibility index (Phi) is 4.20. The lowest BCUT2D eigenvalue weighted by atomic mass is 10.1. The standard InChI is InChI=1S/C14H19NO3/c1-10(16)11-5-6-13(17-2)14(8-11)18-12-4-3-7-15-9-12/h5-6,8,12,15H,3-4,7,9H2,1-2H3. The van der Waals surface area contributed by atoms with Gasteiger partial charge in [0.1, 0.15) is 6.10 Å². The Morgan fingerprint density at radius 3 is 2.83 bits per heavy atom. The summed E-state index contributed by atoms with van der Waals surface area (Å²) in [6.45, 7) is 3.44. The smallest absolute Gasteiger partial charge is 0.162 e. The van der Waals surface area contributed by atoms with E-state index in [9.17, 15) is 4.79 Å². The van der Waals surface area contributed by atoms with Crippen molar-refractivity contribution in [2.75, 3.05) is 20.2 Å². The van der Waals surface area contributed by atoms with E-state index in [0.717, 1.165) is 25.9 Å². The Hall–Kier alpha value is -1.55. The summed E-state index contributed by atoms with van der Waals surface area (Å²) in [5.74, 6) is 1.36. The van der Waals surface area contributed by atoms with E-state index in [1.807, 2.05) is 0 Å². The van der Waals surface area contributed by atoms with E-state index in [1.165, 1.54) is 0 Å². The van der Waals surface area contributed by atoms with E-state index in [2.05, 4.69) is 5.32 Å². The van der Waals surface area contributed by atoms with Gasteiger partial charge in [0, 0.05) is 12.1 Å². The summed E-state index contributed by atoms with van der Waals surface area (Å²) < 4.78 is 11.2. The maximum atomic E-state index is 11.4. The van der Waals surface area contributed by atoms with Gasteiger partial charge in [-0.25, -0.2) is 0 Å². The van der Waals surface area contributed by atoms with Crippen LogP contribution in [0.2, 0.25) is 0 Å². The Morgan fingerprint density at radius 1 is 1.39 bits per heavy atom. The molecule has 1 aromatic carbocycles. The molecule has 0 aliphatic carbocycles. The van der Waals surface area contributed by atoms with E-state index in [0.29, 0.717) is 17.1 Å². The molecular weight excluding hydrogens is 230 g/mol. The predicted octanol–water partition coefficient (Wildman–Crippen LogP) is 2.03. The lowest BCUT2D eigenvalue weighted by Gasteiger charge is -2.25. The highest BCUT2D eigenvalue weighted by atomic mass is 16.5. The van der Waals surface area contributed by atoms with Crippen LogP contribution in [0.25, 0.3) is 0 Å². The molecule has 1 unspecified atom stereocenters. The third-order valence-electron chi connectivity index (χ3n) is 3.12. The monoisotopic (exact) mass is 249 g/mol. The van der Waals surface area contributed by atoms with Gasteiger partial charge in [-0.2, -0.15) is 0 Å². The number of benzene rings is 1. The van der Waals surface area contributed by atoms with Crippen molar-refractivity contribution in [1.82, 2.24) is 5.32 Å². The third-order valence-corrected chi connectivity index (χ3v) is 3.12. The number of piperidine rings is 1. The van der Waals surface area contributed by atoms with Gasteiger partial charge in [0.2, 0.25) is 0 Å². The summed E-state index contributed by atoms with van der Waals surface area (Å²) in [4.78, 5) is 11.4. The van der Waals surface area contributed by atoms with Gasteiger partial charge in [-0.15, -0.1) is 0 Å². The number of carbonyl (C=O) groups is 1. The summed E-state index contributed by atoms with van der Waals surface area (Å²) in [6.07, 6.45) is 2.29. The first kappa shape index (κ1) is 12.9. The number of ketones is 1. The second-order valence-electron chi connectivity index (χ2n) is 4.51. The van der Waals surface area contributed by atoms with Gasteiger partial charge in [-0.3, -0.25) is 4.79 Å². The van der Waals surface area contributed by atoms with E-state index in [1.54, 1.807) is 32.2 Å². The number of hydrogen-bond donors (Lipinski definition) is 1. The highest BCUT2D eigenvalue weighted by Crippen LogP contribution is 2.30. The van der Waals surface area contributed by atoms with Crippen molar-refractivity contribution in [2.24, 2.45) is 0 Å². The van der Waals surface area contributed by atoms with Gasteiger partial charge in [-0.1, -0.05) is 0 Å². The molecule has 98 valence electrons. The lowest BCUT2D eigenvalue weighted by Crippen LogP contribution is -2.37. The molecule has 0 bridgehead atoms. The minimum Gasteiger partial charge on any atom is -0.493 e. The van der Waals surface area contributed by atoms with Crippen molar-refractivity contribution in [3.8, 4) is 11.5 Å². The number of methoxy groups -OCH3 is 1. The minimum absolute atomic E-state index is 0.0317. The quantitative estimate of drug-likeness (QED) is 0.829. The molecule has 1 atom stereocenters. The molecule has 1 N–H and O–H groups in total. The van der Waals surface area contributed by atoms with Crippen molar-refractivity contribution >= 4 is 5.78 Å². The minimum atomic E-state index is 0.0317. The number of rotatable bonds is 4. The number of nitrogens with one attached hydrogen (secondary N) is 1. The van der Waals surface area contributed by atoms with Crippen molar-refractivity contribution < 1.29 is 14.3 Å². The highest BCUT2D eigenvalue weighted by molar-refractivity contribution is 5.94. The van der Waals surface area contributed by atoms with Crippen molar-refractivity contribution in [1.29, 1.82) is 0 Å². The lowest BCUT2D eigenvalue weighted by molar-refractivity contribution is 0.101. The van der Waals surface area contributed by atoms with Gasteiger partial charge in [-0.05, 0) is 44.5 Å². The van der Waals surface area contributed by atoms with Gasteiger partial charge in [0.25, 0.3) is 0 Å². The zero-order valence-corrected chi connectivity index (χ0v) is 10.9. The Morgan fingerprint density at radius 2 is 2.22 bits per heavy atom. The van der Waals surface area contributed by atoms with Crippen LogP contribution in [0.1, 0.15) is 30.1 Å². The topological polar surface area (TPSA) is 47.6 Å². The van der Waals surface area contributed by atoms with Crippen LogP contribution in [0.5, 0.6) is 11.5 Å². The zero-order chi connectivity index (χ0) is 13.0. The summed E-state index contributed by atoms with van der Waals surface area (Å²) in [7, 11) is 1.61. The first-order valence-corrected chi connectivity index (χ1v) is 6.27. The maximum absolute atomic E-state index is 11.4. The molecule has 0 aromatic heterocycles. The number of hydrogen-bond acceptors (Lipinski definition) is 4. The molecule has 1 saturated heterocycles. The molecule has 0 amide bonds. The normalized spacial score (nSPS) is 19.3. The molecule has 0 radical (unpaired) electrons. The number of ether oxygens (including phenoxy) is 2. The van der Waals surface area contributed by atoms with Gasteiger partial charge in [0.05, 0.1) is 7.11 Å². The fourth-order valence-corrected chi connectivity index (χ4v) is 2.09. The number of Topliss-reactive ketones (excluding diaryl/α,β-unsaturated/α-hetero) is 1. The molecule has 1 aliphatic rings. The molecule has 2 rings (SSSR count). The summed E-state index contributed by atoms with van der Waals surface area (Å²) in [5, 5.41) is 3.30. The first-order chi connectivity index (χ1) is 8.70. The third kappa shape index (κ3) is 3.01. The molecule has 0 spiro atoms.